The van der Waals surface area contributed by atoms with Crippen LogP contribution >= 0.6 is 23.2 Å². The monoisotopic (exact) mass is 406 g/mol. The fraction of sp³-hybridized carbons (Fsp3) is 0.333. The zero-order chi connectivity index (χ0) is 20.0. The number of benzene rings is 2. The molecule has 2 amide bonds. The Morgan fingerprint density at radius 1 is 1.00 bits per heavy atom. The van der Waals surface area contributed by atoms with Crippen molar-refractivity contribution in [2.45, 2.75) is 45.8 Å². The molecule has 1 atom stereocenters. The van der Waals surface area contributed by atoms with Gasteiger partial charge in [0.1, 0.15) is 6.04 Å². The molecular weight excluding hydrogens is 383 g/mol. The largest absolute Gasteiger partial charge is 0.352 e. The van der Waals surface area contributed by atoms with Crippen molar-refractivity contribution in [1.29, 1.82) is 0 Å². The van der Waals surface area contributed by atoms with E-state index in [9.17, 15) is 9.59 Å². The van der Waals surface area contributed by atoms with Crippen LogP contribution in [-0.2, 0) is 22.6 Å². The molecule has 0 radical (unpaired) electrons. The van der Waals surface area contributed by atoms with Crippen LogP contribution in [0.15, 0.2) is 48.5 Å². The third-order valence-electron chi connectivity index (χ3n) is 4.16. The second-order valence-corrected chi connectivity index (χ2v) is 7.60. The maximum atomic E-state index is 13.0. The Morgan fingerprint density at radius 3 is 2.22 bits per heavy atom. The van der Waals surface area contributed by atoms with E-state index in [0.29, 0.717) is 16.6 Å². The van der Waals surface area contributed by atoms with Gasteiger partial charge >= 0.3 is 0 Å². The first-order valence-corrected chi connectivity index (χ1v) is 9.61. The number of nitrogens with zero attached hydrogens (tertiary/aromatic N) is 1. The molecule has 0 bridgehead atoms. The molecule has 2 aromatic carbocycles. The van der Waals surface area contributed by atoms with Gasteiger partial charge in [0.15, 0.2) is 0 Å². The Morgan fingerprint density at radius 2 is 1.63 bits per heavy atom. The number of nitrogens with one attached hydrogen (secondary N) is 1. The maximum absolute atomic E-state index is 13.0. The third-order valence-corrected chi connectivity index (χ3v) is 4.78. The van der Waals surface area contributed by atoms with Crippen molar-refractivity contribution < 1.29 is 9.59 Å². The first-order chi connectivity index (χ1) is 12.8. The smallest absolute Gasteiger partial charge is 0.242 e. The van der Waals surface area contributed by atoms with Crippen LogP contribution in [0.25, 0.3) is 0 Å². The molecule has 0 aliphatic heterocycles. The van der Waals surface area contributed by atoms with Gasteiger partial charge in [0.05, 0.1) is 6.42 Å². The molecule has 0 heterocycles. The zero-order valence-electron chi connectivity index (χ0n) is 15.7. The predicted octanol–water partition coefficient (Wildman–Crippen LogP) is 4.48. The highest BCUT2D eigenvalue weighted by molar-refractivity contribution is 6.31. The summed E-state index contributed by atoms with van der Waals surface area (Å²) in [6, 6.07) is 13.9. The van der Waals surface area contributed by atoms with Gasteiger partial charge in [-0.1, -0.05) is 53.5 Å². The number of halogens is 2. The van der Waals surface area contributed by atoms with E-state index in [4.69, 9.17) is 23.2 Å². The van der Waals surface area contributed by atoms with Crippen molar-refractivity contribution in [3.8, 4) is 0 Å². The summed E-state index contributed by atoms with van der Waals surface area (Å²) in [6.07, 6.45) is 0.132. The van der Waals surface area contributed by atoms with Gasteiger partial charge in [-0.25, -0.2) is 0 Å². The molecule has 0 fully saturated rings. The number of rotatable bonds is 7. The van der Waals surface area contributed by atoms with E-state index in [1.54, 1.807) is 30.0 Å². The van der Waals surface area contributed by atoms with Crippen molar-refractivity contribution in [2.75, 3.05) is 0 Å². The molecule has 2 rings (SSSR count). The predicted molar refractivity (Wildman–Crippen MR) is 110 cm³/mol. The Labute approximate surface area is 170 Å². The van der Waals surface area contributed by atoms with Gasteiger partial charge in [0, 0.05) is 22.6 Å². The van der Waals surface area contributed by atoms with Crippen molar-refractivity contribution in [1.82, 2.24) is 10.2 Å². The van der Waals surface area contributed by atoms with Crippen LogP contribution in [0.5, 0.6) is 0 Å². The number of carbonyl (C=O) groups excluding carboxylic acids is 2. The summed E-state index contributed by atoms with van der Waals surface area (Å²) in [5.74, 6) is -0.351. The summed E-state index contributed by atoms with van der Waals surface area (Å²) in [4.78, 5) is 27.1. The van der Waals surface area contributed by atoms with Gasteiger partial charge in [-0.2, -0.15) is 0 Å². The second kappa shape index (κ2) is 9.77. The van der Waals surface area contributed by atoms with E-state index in [-0.39, 0.29) is 24.3 Å². The third kappa shape index (κ3) is 6.26. The van der Waals surface area contributed by atoms with Gasteiger partial charge in [-0.05, 0) is 50.1 Å². The van der Waals surface area contributed by atoms with Crippen LogP contribution in [0.2, 0.25) is 10.0 Å². The van der Waals surface area contributed by atoms with Gasteiger partial charge < -0.3 is 10.2 Å². The first-order valence-electron chi connectivity index (χ1n) is 8.85. The molecule has 4 nitrogen and oxygen atoms in total. The first kappa shape index (κ1) is 21.3. The van der Waals surface area contributed by atoms with E-state index in [0.717, 1.165) is 11.1 Å². The molecular formula is C21H24Cl2N2O2. The molecule has 6 heteroatoms. The zero-order valence-corrected chi connectivity index (χ0v) is 17.2. The molecule has 1 N–H and O–H groups in total. The minimum absolute atomic E-state index is 0.00370. The summed E-state index contributed by atoms with van der Waals surface area (Å²) in [6.45, 7) is 5.82. The summed E-state index contributed by atoms with van der Waals surface area (Å²) in [5, 5.41) is 4.03. The second-order valence-electron chi connectivity index (χ2n) is 6.76. The van der Waals surface area contributed by atoms with Crippen LogP contribution in [0.4, 0.5) is 0 Å². The molecule has 0 spiro atoms. The Bertz CT molecular complexity index is 791. The van der Waals surface area contributed by atoms with Gasteiger partial charge in [-0.15, -0.1) is 0 Å². The molecule has 2 aromatic rings. The van der Waals surface area contributed by atoms with Crippen molar-refractivity contribution in [3.63, 3.8) is 0 Å². The quantitative estimate of drug-likeness (QED) is 0.736. The van der Waals surface area contributed by atoms with Crippen LogP contribution in [0, 0.1) is 0 Å². The summed E-state index contributed by atoms with van der Waals surface area (Å²) < 4.78 is 0. The lowest BCUT2D eigenvalue weighted by Crippen LogP contribution is -2.49. The van der Waals surface area contributed by atoms with Gasteiger partial charge in [0.25, 0.3) is 0 Å². The molecule has 0 aliphatic carbocycles. The fourth-order valence-corrected chi connectivity index (χ4v) is 3.01. The average Bonchev–Trinajstić information content (AvgIpc) is 2.62. The van der Waals surface area contributed by atoms with Crippen LogP contribution in [-0.4, -0.2) is 28.8 Å². The lowest BCUT2D eigenvalue weighted by molar-refractivity contribution is -0.140. The molecule has 0 unspecified atom stereocenters. The highest BCUT2D eigenvalue weighted by atomic mass is 35.5. The van der Waals surface area contributed by atoms with Crippen LogP contribution in [0.1, 0.15) is 31.9 Å². The minimum atomic E-state index is -0.613. The highest BCUT2D eigenvalue weighted by Gasteiger charge is 2.26. The molecule has 0 saturated carbocycles. The summed E-state index contributed by atoms with van der Waals surface area (Å²) in [5.41, 5.74) is 1.64. The van der Waals surface area contributed by atoms with Gasteiger partial charge in [-0.3, -0.25) is 9.59 Å². The van der Waals surface area contributed by atoms with E-state index in [2.05, 4.69) is 5.32 Å². The lowest BCUT2D eigenvalue weighted by Gasteiger charge is -2.29. The molecule has 144 valence electrons. The number of hydrogen-bond acceptors (Lipinski definition) is 2. The SMILES string of the molecule is CC(C)NC(=O)[C@H](C)N(Cc1ccc(Cl)cc1)C(=O)Cc1ccccc1Cl. The van der Waals surface area contributed by atoms with Crippen molar-refractivity contribution in [3.05, 3.63) is 69.7 Å². The van der Waals surface area contributed by atoms with Gasteiger partial charge in [0.2, 0.25) is 11.8 Å². The Balaban J connectivity index is 2.24. The van der Waals surface area contributed by atoms with E-state index in [1.165, 1.54) is 0 Å². The van der Waals surface area contributed by atoms with E-state index < -0.39 is 6.04 Å². The van der Waals surface area contributed by atoms with Crippen LogP contribution in [0.3, 0.4) is 0 Å². The van der Waals surface area contributed by atoms with Crippen molar-refractivity contribution in [2.24, 2.45) is 0 Å². The molecule has 0 aliphatic rings. The Hall–Kier alpha value is -2.04. The standard InChI is InChI=1S/C21H24Cl2N2O2/c1-14(2)24-21(27)15(3)25(13-16-8-10-18(22)11-9-16)20(26)12-17-6-4-5-7-19(17)23/h4-11,14-15H,12-13H2,1-3H3,(H,24,27)/t15-/m0/s1. The summed E-state index contributed by atoms with van der Waals surface area (Å²) >= 11 is 12.1. The summed E-state index contributed by atoms with van der Waals surface area (Å²) in [7, 11) is 0. The molecule has 0 aromatic heterocycles. The normalized spacial score (nSPS) is 11.9. The van der Waals surface area contributed by atoms with E-state index in [1.807, 2.05) is 44.2 Å². The molecule has 0 saturated heterocycles. The van der Waals surface area contributed by atoms with E-state index >= 15 is 0 Å². The lowest BCUT2D eigenvalue weighted by atomic mass is 10.1. The number of carbonyl (C=O) groups is 2. The van der Waals surface area contributed by atoms with Crippen molar-refractivity contribution >= 4 is 35.0 Å². The fourth-order valence-electron chi connectivity index (χ4n) is 2.68. The minimum Gasteiger partial charge on any atom is -0.352 e. The maximum Gasteiger partial charge on any atom is 0.242 e. The number of amides is 2. The molecule has 27 heavy (non-hydrogen) atoms. The van der Waals surface area contributed by atoms with Crippen LogP contribution < -0.4 is 5.32 Å². The Kier molecular flexibility index (Phi) is 7.69. The topological polar surface area (TPSA) is 49.4 Å². The number of hydrogen-bond donors (Lipinski definition) is 1. The highest BCUT2D eigenvalue weighted by Crippen LogP contribution is 2.19. The average molecular weight is 407 g/mol.